The lowest BCUT2D eigenvalue weighted by Crippen LogP contribution is -2.45. The Bertz CT molecular complexity index is 275. The third-order valence-electron chi connectivity index (χ3n) is 3.45. The van der Waals surface area contributed by atoms with Crippen molar-refractivity contribution in [2.45, 2.75) is 70.8 Å². The van der Waals surface area contributed by atoms with Gasteiger partial charge < -0.3 is 11.1 Å². The summed E-state index contributed by atoms with van der Waals surface area (Å²) in [5, 5.41) is 2.77. The fourth-order valence-electron chi connectivity index (χ4n) is 2.05. The van der Waals surface area contributed by atoms with Crippen LogP contribution in [0.3, 0.4) is 0 Å². The molecule has 1 rings (SSSR count). The van der Waals surface area contributed by atoms with Crippen molar-refractivity contribution in [2.24, 2.45) is 11.7 Å². The number of carbonyl (C=O) groups excluding carboxylic acids is 2. The standard InChI is InChI=1S/C14H26N2O2/c1-2-3-4-5-6-7-8-12(13(15)17)16-14(18)11-9-10-11/h11-12H,2-10H2,1H3,(H2,15,17)(H,16,18)/t12-/m1/s1. The summed E-state index contributed by atoms with van der Waals surface area (Å²) < 4.78 is 0. The Morgan fingerprint density at radius 2 is 1.78 bits per heavy atom. The fraction of sp³-hybridized carbons (Fsp3) is 0.857. The summed E-state index contributed by atoms with van der Waals surface area (Å²) in [5.41, 5.74) is 5.31. The zero-order valence-electron chi connectivity index (χ0n) is 11.4. The smallest absolute Gasteiger partial charge is 0.239 e. The van der Waals surface area contributed by atoms with E-state index >= 15 is 0 Å². The lowest BCUT2D eigenvalue weighted by Gasteiger charge is -2.15. The first kappa shape index (κ1) is 15.0. The van der Waals surface area contributed by atoms with Crippen LogP contribution in [0.15, 0.2) is 0 Å². The molecule has 4 nitrogen and oxygen atoms in total. The number of nitrogens with one attached hydrogen (secondary N) is 1. The molecule has 0 aliphatic heterocycles. The van der Waals surface area contributed by atoms with Gasteiger partial charge in [-0.05, 0) is 19.3 Å². The summed E-state index contributed by atoms with van der Waals surface area (Å²) >= 11 is 0. The molecule has 104 valence electrons. The van der Waals surface area contributed by atoms with Crippen LogP contribution in [0.25, 0.3) is 0 Å². The Balaban J connectivity index is 2.13. The highest BCUT2D eigenvalue weighted by molar-refractivity contribution is 5.88. The van der Waals surface area contributed by atoms with Gasteiger partial charge >= 0.3 is 0 Å². The minimum Gasteiger partial charge on any atom is -0.368 e. The van der Waals surface area contributed by atoms with Crippen LogP contribution in [-0.4, -0.2) is 17.9 Å². The van der Waals surface area contributed by atoms with Crippen LogP contribution in [-0.2, 0) is 9.59 Å². The molecule has 0 heterocycles. The maximum absolute atomic E-state index is 11.6. The van der Waals surface area contributed by atoms with Crippen LogP contribution in [0.2, 0.25) is 0 Å². The van der Waals surface area contributed by atoms with Crippen molar-refractivity contribution in [1.82, 2.24) is 5.32 Å². The van der Waals surface area contributed by atoms with Crippen LogP contribution < -0.4 is 11.1 Å². The molecule has 18 heavy (non-hydrogen) atoms. The highest BCUT2D eigenvalue weighted by atomic mass is 16.2. The van der Waals surface area contributed by atoms with E-state index < -0.39 is 11.9 Å². The predicted molar refractivity (Wildman–Crippen MR) is 71.8 cm³/mol. The first-order valence-corrected chi connectivity index (χ1v) is 7.24. The van der Waals surface area contributed by atoms with Crippen molar-refractivity contribution in [2.75, 3.05) is 0 Å². The van der Waals surface area contributed by atoms with Gasteiger partial charge in [0.1, 0.15) is 6.04 Å². The second-order valence-corrected chi connectivity index (χ2v) is 5.29. The SMILES string of the molecule is CCCCCCCC[C@@H](NC(=O)C1CC1)C(N)=O. The number of rotatable bonds is 10. The lowest BCUT2D eigenvalue weighted by atomic mass is 10.1. The summed E-state index contributed by atoms with van der Waals surface area (Å²) in [4.78, 5) is 22.8. The van der Waals surface area contributed by atoms with Gasteiger partial charge in [-0.2, -0.15) is 0 Å². The van der Waals surface area contributed by atoms with E-state index in [0.717, 1.165) is 25.7 Å². The van der Waals surface area contributed by atoms with Crippen LogP contribution in [0, 0.1) is 5.92 Å². The quantitative estimate of drug-likeness (QED) is 0.586. The van der Waals surface area contributed by atoms with Crippen LogP contribution in [0.4, 0.5) is 0 Å². The van der Waals surface area contributed by atoms with Crippen molar-refractivity contribution in [3.05, 3.63) is 0 Å². The van der Waals surface area contributed by atoms with Gasteiger partial charge in [-0.25, -0.2) is 0 Å². The number of primary amides is 1. The van der Waals surface area contributed by atoms with E-state index in [0.29, 0.717) is 6.42 Å². The van der Waals surface area contributed by atoms with Crippen molar-refractivity contribution >= 4 is 11.8 Å². The number of nitrogens with two attached hydrogens (primary N) is 1. The van der Waals surface area contributed by atoms with E-state index in [4.69, 9.17) is 5.73 Å². The number of unbranched alkanes of at least 4 members (excludes halogenated alkanes) is 5. The molecule has 0 radical (unpaired) electrons. The van der Waals surface area contributed by atoms with Gasteiger partial charge in [0.2, 0.25) is 11.8 Å². The van der Waals surface area contributed by atoms with Gasteiger partial charge in [0.05, 0.1) is 0 Å². The summed E-state index contributed by atoms with van der Waals surface area (Å²) in [7, 11) is 0. The average Bonchev–Trinajstić information content (AvgIpc) is 3.15. The molecule has 1 aliphatic carbocycles. The third-order valence-corrected chi connectivity index (χ3v) is 3.45. The van der Waals surface area contributed by atoms with E-state index in [-0.39, 0.29) is 11.8 Å². The molecular weight excluding hydrogens is 228 g/mol. The second kappa shape index (κ2) is 8.11. The Kier molecular flexibility index (Phi) is 6.76. The van der Waals surface area contributed by atoms with Gasteiger partial charge in [0, 0.05) is 5.92 Å². The molecule has 1 fully saturated rings. The molecule has 0 aromatic heterocycles. The van der Waals surface area contributed by atoms with Gasteiger partial charge in [0.25, 0.3) is 0 Å². The fourth-order valence-corrected chi connectivity index (χ4v) is 2.05. The normalized spacial score (nSPS) is 16.3. The molecule has 0 saturated heterocycles. The van der Waals surface area contributed by atoms with Crippen molar-refractivity contribution < 1.29 is 9.59 Å². The molecule has 0 aromatic rings. The largest absolute Gasteiger partial charge is 0.368 e. The molecule has 4 heteroatoms. The zero-order chi connectivity index (χ0) is 13.4. The predicted octanol–water partition coefficient (Wildman–Crippen LogP) is 2.12. The maximum atomic E-state index is 11.6. The number of hydrogen-bond acceptors (Lipinski definition) is 2. The van der Waals surface area contributed by atoms with Gasteiger partial charge in [-0.3, -0.25) is 9.59 Å². The molecule has 0 spiro atoms. The minimum absolute atomic E-state index is 0.00443. The van der Waals surface area contributed by atoms with E-state index in [1.165, 1.54) is 25.7 Å². The summed E-state index contributed by atoms with van der Waals surface area (Å²) in [6, 6.07) is -0.468. The molecule has 3 N–H and O–H groups in total. The van der Waals surface area contributed by atoms with E-state index in [2.05, 4.69) is 12.2 Å². The monoisotopic (exact) mass is 254 g/mol. The number of carbonyl (C=O) groups is 2. The van der Waals surface area contributed by atoms with E-state index in [1.54, 1.807) is 0 Å². The van der Waals surface area contributed by atoms with Crippen molar-refractivity contribution in [1.29, 1.82) is 0 Å². The van der Waals surface area contributed by atoms with Gasteiger partial charge in [0.15, 0.2) is 0 Å². The van der Waals surface area contributed by atoms with E-state index in [9.17, 15) is 9.59 Å². The summed E-state index contributed by atoms with van der Waals surface area (Å²) in [6.45, 7) is 2.19. The Morgan fingerprint density at radius 1 is 1.17 bits per heavy atom. The van der Waals surface area contributed by atoms with Crippen LogP contribution in [0.5, 0.6) is 0 Å². The Labute approximate surface area is 110 Å². The van der Waals surface area contributed by atoms with E-state index in [1.807, 2.05) is 0 Å². The highest BCUT2D eigenvalue weighted by Crippen LogP contribution is 2.29. The zero-order valence-corrected chi connectivity index (χ0v) is 11.4. The van der Waals surface area contributed by atoms with Crippen LogP contribution in [0.1, 0.15) is 64.7 Å². The topological polar surface area (TPSA) is 72.2 Å². The first-order valence-electron chi connectivity index (χ1n) is 7.24. The first-order chi connectivity index (χ1) is 8.65. The lowest BCUT2D eigenvalue weighted by molar-refractivity contribution is -0.128. The Hall–Kier alpha value is -1.06. The molecular formula is C14H26N2O2. The molecule has 1 atom stereocenters. The molecule has 1 saturated carbocycles. The van der Waals surface area contributed by atoms with Gasteiger partial charge in [-0.1, -0.05) is 45.4 Å². The molecule has 1 aliphatic rings. The minimum atomic E-state index is -0.468. The maximum Gasteiger partial charge on any atom is 0.239 e. The molecule has 0 aromatic carbocycles. The van der Waals surface area contributed by atoms with Crippen molar-refractivity contribution in [3.63, 3.8) is 0 Å². The average molecular weight is 254 g/mol. The number of hydrogen-bond donors (Lipinski definition) is 2. The van der Waals surface area contributed by atoms with Crippen LogP contribution >= 0.6 is 0 Å². The molecule has 0 unspecified atom stereocenters. The third kappa shape index (κ3) is 6.03. The second-order valence-electron chi connectivity index (χ2n) is 5.29. The van der Waals surface area contributed by atoms with Crippen molar-refractivity contribution in [3.8, 4) is 0 Å². The number of amides is 2. The van der Waals surface area contributed by atoms with Gasteiger partial charge in [-0.15, -0.1) is 0 Å². The Morgan fingerprint density at radius 3 is 2.33 bits per heavy atom. The molecule has 0 bridgehead atoms. The highest BCUT2D eigenvalue weighted by Gasteiger charge is 2.31. The summed E-state index contributed by atoms with van der Waals surface area (Å²) in [5.74, 6) is -0.265. The summed E-state index contributed by atoms with van der Waals surface area (Å²) in [6.07, 6.45) is 9.63. The molecule has 2 amide bonds.